The number of nitrogens with one attached hydrogen (secondary N) is 1. The first-order valence-corrected chi connectivity index (χ1v) is 15.2. The average Bonchev–Trinajstić information content (AvgIpc) is 3.51. The molecule has 5 atom stereocenters. The van der Waals surface area contributed by atoms with Gasteiger partial charge in [-0.2, -0.15) is 4.31 Å². The van der Waals surface area contributed by atoms with Crippen LogP contribution < -0.4 is 5.32 Å². The largest absolute Gasteiger partial charge is 0.446 e. The molecule has 0 radical (unpaired) electrons. The molecule has 40 heavy (non-hydrogen) atoms. The summed E-state index contributed by atoms with van der Waals surface area (Å²) < 4.78 is 39.9. The third-order valence-electron chi connectivity index (χ3n) is 7.43. The molecule has 1 saturated carbocycles. The molecule has 2 aromatic carbocycles. The van der Waals surface area contributed by atoms with Crippen LogP contribution in [-0.2, 0) is 25.9 Å². The van der Waals surface area contributed by atoms with Crippen molar-refractivity contribution in [1.29, 1.82) is 0 Å². The number of hydrogen-bond acceptors (Lipinski definition) is 8. The summed E-state index contributed by atoms with van der Waals surface area (Å²) in [6.45, 7) is 4.49. The predicted octanol–water partition coefficient (Wildman–Crippen LogP) is 3.41. The van der Waals surface area contributed by atoms with Gasteiger partial charge in [0.2, 0.25) is 10.0 Å². The topological polar surface area (TPSA) is 138 Å². The summed E-state index contributed by atoms with van der Waals surface area (Å²) in [7, 11) is -3.98. The van der Waals surface area contributed by atoms with E-state index in [1.54, 1.807) is 0 Å². The second-order valence-corrected chi connectivity index (χ2v) is 12.9. The SMILES string of the molecule is CC(C)CN(C[C@@H](O)[C@H](Cc1ccccc1)NC(=O)O[C@@H]1CC2CCO[C@@H]2C1)S(=O)(=O)c1ccc(/C=N/O)cc1. The van der Waals surface area contributed by atoms with Crippen LogP contribution in [0.3, 0.4) is 0 Å². The van der Waals surface area contributed by atoms with Gasteiger partial charge in [-0.1, -0.05) is 61.5 Å². The van der Waals surface area contributed by atoms with Gasteiger partial charge in [-0.15, -0.1) is 0 Å². The minimum absolute atomic E-state index is 0.0164. The second kappa shape index (κ2) is 13.6. The van der Waals surface area contributed by atoms with E-state index in [1.807, 2.05) is 44.2 Å². The summed E-state index contributed by atoms with van der Waals surface area (Å²) >= 11 is 0. The molecule has 2 fully saturated rings. The highest BCUT2D eigenvalue weighted by molar-refractivity contribution is 7.89. The van der Waals surface area contributed by atoms with E-state index in [2.05, 4.69) is 10.5 Å². The Labute approximate surface area is 236 Å². The highest BCUT2D eigenvalue weighted by Crippen LogP contribution is 2.37. The molecule has 10 nitrogen and oxygen atoms in total. The molecule has 2 aromatic rings. The highest BCUT2D eigenvalue weighted by Gasteiger charge is 2.40. The third kappa shape index (κ3) is 7.81. The number of carbonyl (C=O) groups is 1. The Bertz CT molecular complexity index is 1230. The van der Waals surface area contributed by atoms with Crippen molar-refractivity contribution in [1.82, 2.24) is 9.62 Å². The van der Waals surface area contributed by atoms with E-state index in [1.165, 1.54) is 34.8 Å². The first-order chi connectivity index (χ1) is 19.2. The third-order valence-corrected chi connectivity index (χ3v) is 9.28. The van der Waals surface area contributed by atoms with Crippen molar-refractivity contribution in [3.8, 4) is 0 Å². The van der Waals surface area contributed by atoms with E-state index in [-0.39, 0.29) is 36.1 Å². The lowest BCUT2D eigenvalue weighted by Crippen LogP contribution is -2.51. The van der Waals surface area contributed by atoms with Crippen molar-refractivity contribution < 1.29 is 33.0 Å². The highest BCUT2D eigenvalue weighted by atomic mass is 32.2. The van der Waals surface area contributed by atoms with Crippen LogP contribution in [0.2, 0.25) is 0 Å². The van der Waals surface area contributed by atoms with Crippen LogP contribution >= 0.6 is 0 Å². The number of rotatable bonds is 12. The molecule has 2 aliphatic rings. The number of nitrogens with zero attached hydrogens (tertiary/aromatic N) is 2. The number of aliphatic hydroxyl groups excluding tert-OH is 1. The number of amides is 1. The summed E-state index contributed by atoms with van der Waals surface area (Å²) in [5.41, 5.74) is 1.43. The maximum absolute atomic E-state index is 13.6. The number of hydrogen-bond donors (Lipinski definition) is 3. The Morgan fingerprint density at radius 1 is 1.15 bits per heavy atom. The predicted molar refractivity (Wildman–Crippen MR) is 150 cm³/mol. The summed E-state index contributed by atoms with van der Waals surface area (Å²) in [5.74, 6) is 0.389. The van der Waals surface area contributed by atoms with Crippen LogP contribution in [0, 0.1) is 11.8 Å². The van der Waals surface area contributed by atoms with Gasteiger partial charge in [-0.25, -0.2) is 13.2 Å². The van der Waals surface area contributed by atoms with Gasteiger partial charge in [-0.3, -0.25) is 0 Å². The van der Waals surface area contributed by atoms with Crippen molar-refractivity contribution in [3.05, 3.63) is 65.7 Å². The zero-order valence-corrected chi connectivity index (χ0v) is 23.7. The normalized spacial score (nSPS) is 22.5. The summed E-state index contributed by atoms with van der Waals surface area (Å²) in [4.78, 5) is 13.0. The van der Waals surface area contributed by atoms with Gasteiger partial charge in [0, 0.05) is 26.1 Å². The van der Waals surface area contributed by atoms with E-state index >= 15 is 0 Å². The molecule has 1 unspecified atom stereocenters. The van der Waals surface area contributed by atoms with Crippen LogP contribution in [0.25, 0.3) is 0 Å². The number of ether oxygens (including phenoxy) is 2. The Morgan fingerprint density at radius 2 is 1.88 bits per heavy atom. The van der Waals surface area contributed by atoms with Crippen molar-refractivity contribution in [3.63, 3.8) is 0 Å². The van der Waals surface area contributed by atoms with Gasteiger partial charge in [-0.05, 0) is 54.4 Å². The minimum atomic E-state index is -3.98. The maximum Gasteiger partial charge on any atom is 0.407 e. The average molecular weight is 574 g/mol. The molecule has 3 N–H and O–H groups in total. The standard InChI is InChI=1S/C29H39N3O7S/c1-20(2)18-32(40(36,37)25-10-8-22(9-11-25)17-30-35)19-27(33)26(14-21-6-4-3-5-7-21)31-29(34)39-24-15-23-12-13-38-28(23)16-24/h3-11,17,20,23-24,26-28,33,35H,12-16,18-19H2,1-2H3,(H,31,34)/b30-17+/t23?,24-,26+,27-,28-/m1/s1. The van der Waals surface area contributed by atoms with Crippen molar-refractivity contribution in [2.24, 2.45) is 17.0 Å². The lowest BCUT2D eigenvalue weighted by atomic mass is 10.0. The fraction of sp³-hybridized carbons (Fsp3) is 0.517. The molecular formula is C29H39N3O7S. The maximum atomic E-state index is 13.6. The second-order valence-electron chi connectivity index (χ2n) is 11.0. The van der Waals surface area contributed by atoms with Crippen LogP contribution in [0.1, 0.15) is 44.2 Å². The molecule has 218 valence electrons. The van der Waals surface area contributed by atoms with Gasteiger partial charge in [0.25, 0.3) is 0 Å². The summed E-state index contributed by atoms with van der Waals surface area (Å²) in [5, 5.41) is 25.9. The van der Waals surface area contributed by atoms with Crippen molar-refractivity contribution in [2.75, 3.05) is 19.7 Å². The molecule has 0 bridgehead atoms. The zero-order chi connectivity index (χ0) is 28.7. The fourth-order valence-corrected chi connectivity index (χ4v) is 7.08. The molecule has 1 saturated heterocycles. The molecule has 4 rings (SSSR count). The molecule has 0 aromatic heterocycles. The molecule has 11 heteroatoms. The van der Waals surface area contributed by atoms with E-state index in [4.69, 9.17) is 14.7 Å². The summed E-state index contributed by atoms with van der Waals surface area (Å²) in [6, 6.07) is 14.6. The number of oxime groups is 1. The van der Waals surface area contributed by atoms with Crippen LogP contribution in [0.4, 0.5) is 4.79 Å². The number of alkyl carbamates (subject to hydrolysis) is 1. The number of sulfonamides is 1. The zero-order valence-electron chi connectivity index (χ0n) is 22.9. The van der Waals surface area contributed by atoms with Crippen molar-refractivity contribution in [2.45, 2.75) is 68.8 Å². The Kier molecular flexibility index (Phi) is 10.2. The number of benzene rings is 2. The molecule has 1 heterocycles. The quantitative estimate of drug-likeness (QED) is 0.201. The van der Waals surface area contributed by atoms with E-state index in [0.717, 1.165) is 25.0 Å². The first kappa shape index (κ1) is 30.0. The Hall–Kier alpha value is -2.99. The molecule has 0 spiro atoms. The monoisotopic (exact) mass is 573 g/mol. The molecule has 1 amide bonds. The van der Waals surface area contributed by atoms with E-state index in [0.29, 0.717) is 24.3 Å². The number of fused-ring (bicyclic) bond motifs is 1. The van der Waals surface area contributed by atoms with Crippen molar-refractivity contribution >= 4 is 22.3 Å². The van der Waals surface area contributed by atoms with Gasteiger partial charge >= 0.3 is 6.09 Å². The van der Waals surface area contributed by atoms with E-state index in [9.17, 15) is 18.3 Å². The lowest BCUT2D eigenvalue weighted by Gasteiger charge is -2.31. The number of carbonyl (C=O) groups excluding carboxylic acids is 1. The van der Waals surface area contributed by atoms with Crippen LogP contribution in [0.5, 0.6) is 0 Å². The van der Waals surface area contributed by atoms with Gasteiger partial charge in [0.05, 0.1) is 29.4 Å². The summed E-state index contributed by atoms with van der Waals surface area (Å²) in [6.07, 6.45) is 1.92. The number of aliphatic hydroxyl groups is 1. The fourth-order valence-electron chi connectivity index (χ4n) is 5.46. The first-order valence-electron chi connectivity index (χ1n) is 13.7. The van der Waals surface area contributed by atoms with Crippen LogP contribution in [0.15, 0.2) is 64.6 Å². The molecule has 1 aliphatic heterocycles. The van der Waals surface area contributed by atoms with Crippen LogP contribution in [-0.4, -0.2) is 79.4 Å². The van der Waals surface area contributed by atoms with E-state index < -0.39 is 28.3 Å². The Morgan fingerprint density at radius 3 is 2.52 bits per heavy atom. The minimum Gasteiger partial charge on any atom is -0.446 e. The molecule has 1 aliphatic carbocycles. The van der Waals surface area contributed by atoms with Gasteiger partial charge < -0.3 is 25.1 Å². The van der Waals surface area contributed by atoms with Gasteiger partial charge in [0.1, 0.15) is 6.10 Å². The lowest BCUT2D eigenvalue weighted by molar-refractivity contribution is 0.0554. The van der Waals surface area contributed by atoms with Gasteiger partial charge in [0.15, 0.2) is 0 Å². The Balaban J connectivity index is 1.49. The smallest absolute Gasteiger partial charge is 0.407 e. The molecular weight excluding hydrogens is 534 g/mol.